The number of carbonyl (C=O) groups excluding carboxylic acids is 1. The Morgan fingerprint density at radius 1 is 1.32 bits per heavy atom. The van der Waals surface area contributed by atoms with E-state index in [1.54, 1.807) is 18.2 Å². The van der Waals surface area contributed by atoms with Gasteiger partial charge in [0.25, 0.3) is 0 Å². The van der Waals surface area contributed by atoms with E-state index in [4.69, 9.17) is 11.6 Å². The normalized spacial score (nSPS) is 14.1. The maximum absolute atomic E-state index is 12.0. The molecule has 0 fully saturated rings. The zero-order valence-electron chi connectivity index (χ0n) is 13.3. The van der Waals surface area contributed by atoms with Gasteiger partial charge >= 0.3 is 0 Å². The lowest BCUT2D eigenvalue weighted by atomic mass is 9.81. The smallest absolute Gasteiger partial charge is 0.227 e. The molecule has 0 heterocycles. The topological polar surface area (TPSA) is 29.1 Å². The Morgan fingerprint density at radius 3 is 2.11 bits per heavy atom. The highest BCUT2D eigenvalue weighted by molar-refractivity contribution is 6.32. The van der Waals surface area contributed by atoms with Crippen LogP contribution in [0.4, 0.5) is 0 Å². The summed E-state index contributed by atoms with van der Waals surface area (Å²) in [5.41, 5.74) is 0.546. The molecule has 0 aliphatic rings. The van der Waals surface area contributed by atoms with Crippen molar-refractivity contribution in [3.8, 4) is 0 Å². The van der Waals surface area contributed by atoms with Crippen molar-refractivity contribution in [1.82, 2.24) is 5.32 Å². The molecule has 3 heteroatoms. The van der Waals surface area contributed by atoms with Crippen LogP contribution in [0.2, 0.25) is 0 Å². The molecule has 0 aromatic carbocycles. The van der Waals surface area contributed by atoms with Crippen LogP contribution in [-0.4, -0.2) is 5.91 Å². The molecule has 0 aliphatic carbocycles. The van der Waals surface area contributed by atoms with E-state index in [9.17, 15) is 4.79 Å². The van der Waals surface area contributed by atoms with Crippen LogP contribution in [0.15, 0.2) is 35.5 Å². The molecule has 1 amide bonds. The molecule has 110 valence electrons. The second kappa shape index (κ2) is 9.85. The molecule has 0 rings (SSSR count). The number of hydrogen-bond acceptors (Lipinski definition) is 1. The average molecular weight is 286 g/mol. The van der Waals surface area contributed by atoms with Crippen molar-refractivity contribution < 1.29 is 4.79 Å². The Bertz CT molecular complexity index is 348. The molecule has 0 saturated heterocycles. The Morgan fingerprint density at radius 2 is 1.79 bits per heavy atom. The minimum absolute atomic E-state index is 0.0267. The number of rotatable bonds is 4. The summed E-state index contributed by atoms with van der Waals surface area (Å²) in [7, 11) is 0. The molecule has 1 unspecified atom stereocenters. The SMILES string of the molecule is C=C/C=C(Cl)\C(=C/C)NC(=O)C(C)C(C)(C)C.CC. The van der Waals surface area contributed by atoms with Gasteiger partial charge in [-0.3, -0.25) is 4.79 Å². The lowest BCUT2D eigenvalue weighted by molar-refractivity contribution is -0.126. The van der Waals surface area contributed by atoms with Crippen LogP contribution in [0.1, 0.15) is 48.5 Å². The van der Waals surface area contributed by atoms with E-state index in [1.165, 1.54) is 0 Å². The molecule has 0 aromatic heterocycles. The first-order valence-electron chi connectivity index (χ1n) is 6.69. The van der Waals surface area contributed by atoms with Gasteiger partial charge in [-0.25, -0.2) is 0 Å². The number of nitrogens with one attached hydrogen (secondary N) is 1. The predicted molar refractivity (Wildman–Crippen MR) is 86.0 cm³/mol. The Kier molecular flexibility index (Phi) is 10.5. The summed E-state index contributed by atoms with van der Waals surface area (Å²) >= 11 is 6.02. The largest absolute Gasteiger partial charge is 0.325 e. The van der Waals surface area contributed by atoms with Crippen LogP contribution in [0.3, 0.4) is 0 Å². The molecule has 0 aliphatic heterocycles. The highest BCUT2D eigenvalue weighted by Crippen LogP contribution is 2.26. The number of hydrogen-bond donors (Lipinski definition) is 1. The first-order chi connectivity index (χ1) is 8.73. The van der Waals surface area contributed by atoms with Crippen LogP contribution in [0.5, 0.6) is 0 Å². The fourth-order valence-electron chi connectivity index (χ4n) is 1.10. The summed E-state index contributed by atoms with van der Waals surface area (Å²) in [5.74, 6) is -0.119. The van der Waals surface area contributed by atoms with E-state index >= 15 is 0 Å². The van der Waals surface area contributed by atoms with Crippen molar-refractivity contribution in [2.24, 2.45) is 11.3 Å². The van der Waals surface area contributed by atoms with Gasteiger partial charge in [0.1, 0.15) is 0 Å². The van der Waals surface area contributed by atoms with Crippen LogP contribution in [-0.2, 0) is 4.79 Å². The second-order valence-electron chi connectivity index (χ2n) is 5.03. The second-order valence-corrected chi connectivity index (χ2v) is 5.44. The molecule has 0 saturated carbocycles. The maximum Gasteiger partial charge on any atom is 0.227 e. The summed E-state index contributed by atoms with van der Waals surface area (Å²) in [6.07, 6.45) is 5.01. The Balaban J connectivity index is 0. The molecule has 1 atom stereocenters. The van der Waals surface area contributed by atoms with Crippen LogP contribution < -0.4 is 5.32 Å². The van der Waals surface area contributed by atoms with Crippen LogP contribution in [0.25, 0.3) is 0 Å². The van der Waals surface area contributed by atoms with Gasteiger partial charge in [-0.15, -0.1) is 0 Å². The summed E-state index contributed by atoms with van der Waals surface area (Å²) in [4.78, 5) is 12.0. The van der Waals surface area contributed by atoms with E-state index in [1.807, 2.05) is 48.5 Å². The molecule has 0 bridgehead atoms. The van der Waals surface area contributed by atoms with Gasteiger partial charge in [-0.2, -0.15) is 0 Å². The molecule has 0 aromatic rings. The molecule has 1 N–H and O–H groups in total. The summed E-state index contributed by atoms with van der Waals surface area (Å²) in [6.45, 7) is 17.4. The molecular weight excluding hydrogens is 258 g/mol. The number of carbonyl (C=O) groups is 1. The fraction of sp³-hybridized carbons (Fsp3) is 0.562. The molecule has 0 radical (unpaired) electrons. The minimum atomic E-state index is -0.0920. The zero-order chi connectivity index (χ0) is 15.6. The average Bonchev–Trinajstić information content (AvgIpc) is 2.36. The third kappa shape index (κ3) is 7.89. The molecule has 2 nitrogen and oxygen atoms in total. The van der Waals surface area contributed by atoms with Crippen molar-refractivity contribution in [3.05, 3.63) is 35.5 Å². The Labute approximate surface area is 123 Å². The number of allylic oxidation sites excluding steroid dienone is 4. The van der Waals surface area contributed by atoms with Crippen molar-refractivity contribution in [2.45, 2.75) is 48.5 Å². The monoisotopic (exact) mass is 285 g/mol. The summed E-state index contributed by atoms with van der Waals surface area (Å²) in [6, 6.07) is 0. The van der Waals surface area contributed by atoms with Gasteiger partial charge < -0.3 is 5.32 Å². The van der Waals surface area contributed by atoms with Gasteiger partial charge in [0, 0.05) is 5.92 Å². The third-order valence-corrected chi connectivity index (χ3v) is 3.09. The lowest BCUT2D eigenvalue weighted by Gasteiger charge is -2.26. The molecule has 19 heavy (non-hydrogen) atoms. The van der Waals surface area contributed by atoms with Crippen LogP contribution in [0, 0.1) is 11.3 Å². The highest BCUT2D eigenvalue weighted by atomic mass is 35.5. The predicted octanol–water partition coefficient (Wildman–Crippen LogP) is 5.02. The van der Waals surface area contributed by atoms with Crippen molar-refractivity contribution in [3.63, 3.8) is 0 Å². The maximum atomic E-state index is 12.0. The zero-order valence-corrected chi connectivity index (χ0v) is 14.1. The van der Waals surface area contributed by atoms with E-state index in [2.05, 4.69) is 11.9 Å². The van der Waals surface area contributed by atoms with Gasteiger partial charge in [-0.1, -0.05) is 71.9 Å². The quantitative estimate of drug-likeness (QED) is 0.722. The minimum Gasteiger partial charge on any atom is -0.325 e. The van der Waals surface area contributed by atoms with E-state index in [-0.39, 0.29) is 17.2 Å². The molecular formula is C16H28ClNO. The van der Waals surface area contributed by atoms with Crippen molar-refractivity contribution >= 4 is 17.5 Å². The van der Waals surface area contributed by atoms with E-state index in [0.717, 1.165) is 0 Å². The van der Waals surface area contributed by atoms with Gasteiger partial charge in [0.2, 0.25) is 5.91 Å². The Hall–Kier alpha value is -1.02. The van der Waals surface area contributed by atoms with Crippen molar-refractivity contribution in [1.29, 1.82) is 0 Å². The lowest BCUT2D eigenvalue weighted by Crippen LogP contribution is -2.35. The first kappa shape index (κ1) is 20.3. The summed E-state index contributed by atoms with van der Waals surface area (Å²) < 4.78 is 0. The van der Waals surface area contributed by atoms with Crippen LogP contribution >= 0.6 is 11.6 Å². The van der Waals surface area contributed by atoms with Crippen molar-refractivity contribution in [2.75, 3.05) is 0 Å². The number of amides is 1. The van der Waals surface area contributed by atoms with Gasteiger partial charge in [0.15, 0.2) is 0 Å². The fourth-order valence-corrected chi connectivity index (χ4v) is 1.34. The van der Waals surface area contributed by atoms with E-state index in [0.29, 0.717) is 10.7 Å². The summed E-state index contributed by atoms with van der Waals surface area (Å²) in [5, 5.41) is 3.32. The highest BCUT2D eigenvalue weighted by Gasteiger charge is 2.27. The standard InChI is InChI=1S/C14H22ClNO.C2H6/c1-7-9-11(15)12(8-2)16-13(17)10(3)14(4,5)6;1-2/h7-10H,1H2,2-6H3,(H,16,17);1-2H3/b11-9+,12-8+;. The molecule has 0 spiro atoms. The third-order valence-electron chi connectivity index (χ3n) is 2.76. The van der Waals surface area contributed by atoms with Gasteiger partial charge in [-0.05, 0) is 18.4 Å². The number of halogens is 1. The first-order valence-corrected chi connectivity index (χ1v) is 7.07. The van der Waals surface area contributed by atoms with Gasteiger partial charge in [0.05, 0.1) is 10.7 Å². The van der Waals surface area contributed by atoms with E-state index < -0.39 is 0 Å².